The van der Waals surface area contributed by atoms with Crippen LogP contribution in [0.3, 0.4) is 0 Å². The molecule has 11 heteroatoms. The Labute approximate surface area is 185 Å². The van der Waals surface area contributed by atoms with Crippen molar-refractivity contribution < 1.29 is 27.5 Å². The molecule has 0 aliphatic carbocycles. The average Bonchev–Trinajstić information content (AvgIpc) is 3.26. The zero-order valence-electron chi connectivity index (χ0n) is 16.8. The molecule has 1 aliphatic rings. The van der Waals surface area contributed by atoms with E-state index in [0.29, 0.717) is 5.75 Å². The van der Waals surface area contributed by atoms with Crippen LogP contribution in [-0.2, 0) is 15.3 Å². The summed E-state index contributed by atoms with van der Waals surface area (Å²) in [4.78, 5) is 25.3. The normalized spacial score (nSPS) is 14.5. The van der Waals surface area contributed by atoms with Gasteiger partial charge in [-0.05, 0) is 36.3 Å². The summed E-state index contributed by atoms with van der Waals surface area (Å²) in [6, 6.07) is 12.1. The SMILES string of the molecule is O=C(OC(=O)C(F)(F)F)c1n[nH]nc1SCc1ccc(N2CCCCC2)c2ccccc12. The van der Waals surface area contributed by atoms with E-state index in [0.717, 1.165) is 54.0 Å². The molecule has 1 fully saturated rings. The van der Waals surface area contributed by atoms with Crippen LogP contribution in [0.1, 0.15) is 35.3 Å². The van der Waals surface area contributed by atoms with E-state index in [9.17, 15) is 22.8 Å². The van der Waals surface area contributed by atoms with Gasteiger partial charge in [-0.15, -0.1) is 10.2 Å². The van der Waals surface area contributed by atoms with Crippen molar-refractivity contribution in [2.24, 2.45) is 0 Å². The molecule has 32 heavy (non-hydrogen) atoms. The lowest BCUT2D eigenvalue weighted by molar-refractivity contribution is -0.193. The monoisotopic (exact) mass is 464 g/mol. The van der Waals surface area contributed by atoms with E-state index in [2.05, 4.69) is 37.2 Å². The van der Waals surface area contributed by atoms with Gasteiger partial charge in [0.25, 0.3) is 0 Å². The zero-order chi connectivity index (χ0) is 22.7. The zero-order valence-corrected chi connectivity index (χ0v) is 17.6. The predicted octanol–water partition coefficient (Wildman–Crippen LogP) is 4.49. The Morgan fingerprint density at radius 3 is 2.47 bits per heavy atom. The van der Waals surface area contributed by atoms with Crippen LogP contribution in [0.15, 0.2) is 41.4 Å². The predicted molar refractivity (Wildman–Crippen MR) is 112 cm³/mol. The van der Waals surface area contributed by atoms with Gasteiger partial charge >= 0.3 is 18.1 Å². The number of halogens is 3. The van der Waals surface area contributed by atoms with E-state index in [1.165, 1.54) is 12.1 Å². The number of carbonyl (C=O) groups excluding carboxylic acids is 2. The molecule has 0 radical (unpaired) electrons. The van der Waals surface area contributed by atoms with Crippen LogP contribution in [0.4, 0.5) is 18.9 Å². The Morgan fingerprint density at radius 1 is 1.03 bits per heavy atom. The minimum Gasteiger partial charge on any atom is -0.381 e. The molecular weight excluding hydrogens is 445 g/mol. The second kappa shape index (κ2) is 9.19. The van der Waals surface area contributed by atoms with Crippen molar-refractivity contribution >= 4 is 40.2 Å². The Bertz CT molecular complexity index is 1140. The summed E-state index contributed by atoms with van der Waals surface area (Å²) in [5.74, 6) is -3.71. The highest BCUT2D eigenvalue weighted by Crippen LogP contribution is 2.34. The van der Waals surface area contributed by atoms with Crippen LogP contribution in [0.5, 0.6) is 0 Å². The number of piperidine rings is 1. The van der Waals surface area contributed by atoms with Gasteiger partial charge in [-0.3, -0.25) is 0 Å². The van der Waals surface area contributed by atoms with E-state index in [4.69, 9.17) is 0 Å². The smallest absolute Gasteiger partial charge is 0.381 e. The molecule has 1 N–H and O–H groups in total. The summed E-state index contributed by atoms with van der Waals surface area (Å²) in [6.45, 7) is 2.03. The minimum atomic E-state index is -5.28. The molecule has 7 nitrogen and oxygen atoms in total. The highest BCUT2D eigenvalue weighted by molar-refractivity contribution is 7.98. The number of benzene rings is 2. The topological polar surface area (TPSA) is 88.2 Å². The van der Waals surface area contributed by atoms with Crippen molar-refractivity contribution in [3.05, 3.63) is 47.7 Å². The molecule has 2 aromatic carbocycles. The van der Waals surface area contributed by atoms with Gasteiger partial charge in [-0.1, -0.05) is 42.1 Å². The quantitative estimate of drug-likeness (QED) is 0.338. The molecule has 0 spiro atoms. The average molecular weight is 464 g/mol. The fourth-order valence-electron chi connectivity index (χ4n) is 3.67. The van der Waals surface area contributed by atoms with Gasteiger partial charge in [0.2, 0.25) is 5.69 Å². The molecular formula is C21H19F3N4O3S. The molecule has 0 atom stereocenters. The number of rotatable bonds is 5. The molecule has 1 saturated heterocycles. The lowest BCUT2D eigenvalue weighted by Crippen LogP contribution is -2.29. The standard InChI is InChI=1S/C21H19F3N4O3S/c22-21(23,24)20(30)31-19(29)17-18(26-27-25-17)32-12-13-8-9-16(28-10-4-1-5-11-28)15-7-3-2-6-14(13)15/h2-3,6-9H,1,4-5,10-12H2,(H,25,26,27). The van der Waals surface area contributed by atoms with Crippen LogP contribution < -0.4 is 4.90 Å². The van der Waals surface area contributed by atoms with Crippen molar-refractivity contribution in [1.29, 1.82) is 0 Å². The third-order valence-electron chi connectivity index (χ3n) is 5.18. The number of H-pyrrole nitrogens is 1. The molecule has 1 aliphatic heterocycles. The lowest BCUT2D eigenvalue weighted by Gasteiger charge is -2.30. The molecule has 0 bridgehead atoms. The maximum Gasteiger partial charge on any atom is 0.491 e. The number of aromatic nitrogens is 3. The van der Waals surface area contributed by atoms with E-state index < -0.39 is 23.8 Å². The number of alkyl halides is 3. The number of nitrogens with one attached hydrogen (secondary N) is 1. The number of hydrogen-bond donors (Lipinski definition) is 1. The summed E-state index contributed by atoms with van der Waals surface area (Å²) >= 11 is 1.11. The molecule has 0 amide bonds. The number of ether oxygens (including phenoxy) is 1. The fraction of sp³-hybridized carbons (Fsp3) is 0.333. The number of nitrogens with zero attached hydrogens (tertiary/aromatic N) is 3. The Hall–Kier alpha value is -3.08. The number of esters is 2. The third-order valence-corrected chi connectivity index (χ3v) is 6.19. The largest absolute Gasteiger partial charge is 0.491 e. The van der Waals surface area contributed by atoms with Gasteiger partial charge in [0.15, 0.2) is 5.03 Å². The second-order valence-electron chi connectivity index (χ2n) is 7.28. The molecule has 0 saturated carbocycles. The molecule has 0 unspecified atom stereocenters. The number of anilines is 1. The van der Waals surface area contributed by atoms with Crippen molar-refractivity contribution in [3.8, 4) is 0 Å². The summed E-state index contributed by atoms with van der Waals surface area (Å²) < 4.78 is 40.9. The Kier molecular flexibility index (Phi) is 6.35. The first-order valence-corrected chi connectivity index (χ1v) is 11.0. The Morgan fingerprint density at radius 2 is 1.75 bits per heavy atom. The van der Waals surface area contributed by atoms with E-state index in [1.807, 2.05) is 24.3 Å². The maximum absolute atomic E-state index is 12.4. The summed E-state index contributed by atoms with van der Waals surface area (Å²) in [5, 5.41) is 11.8. The number of thioether (sulfide) groups is 1. The van der Waals surface area contributed by atoms with E-state index in [1.54, 1.807) is 0 Å². The molecule has 2 heterocycles. The van der Waals surface area contributed by atoms with Crippen molar-refractivity contribution in [1.82, 2.24) is 15.4 Å². The first-order valence-electron chi connectivity index (χ1n) is 9.97. The van der Waals surface area contributed by atoms with Crippen molar-refractivity contribution in [2.75, 3.05) is 18.0 Å². The molecule has 4 rings (SSSR count). The summed E-state index contributed by atoms with van der Waals surface area (Å²) in [5.41, 5.74) is 1.67. The van der Waals surface area contributed by atoms with Crippen LogP contribution in [-0.4, -0.2) is 46.6 Å². The maximum atomic E-state index is 12.4. The second-order valence-corrected chi connectivity index (χ2v) is 8.24. The van der Waals surface area contributed by atoms with Gasteiger partial charge in [0.1, 0.15) is 0 Å². The number of fused-ring (bicyclic) bond motifs is 1. The summed E-state index contributed by atoms with van der Waals surface area (Å²) in [6.07, 6.45) is -1.72. The highest BCUT2D eigenvalue weighted by atomic mass is 32.2. The van der Waals surface area contributed by atoms with Crippen molar-refractivity contribution in [2.45, 2.75) is 36.2 Å². The molecule has 3 aromatic rings. The fourth-order valence-corrected chi connectivity index (χ4v) is 4.59. The first-order chi connectivity index (χ1) is 15.3. The van der Waals surface area contributed by atoms with Gasteiger partial charge in [0, 0.05) is 29.9 Å². The number of aromatic amines is 1. The number of carbonyl (C=O) groups is 2. The van der Waals surface area contributed by atoms with Gasteiger partial charge in [-0.25, -0.2) is 9.59 Å². The number of hydrogen-bond acceptors (Lipinski definition) is 7. The van der Waals surface area contributed by atoms with Gasteiger partial charge in [0.05, 0.1) is 0 Å². The first kappa shape index (κ1) is 22.1. The van der Waals surface area contributed by atoms with Crippen LogP contribution in [0, 0.1) is 0 Å². The van der Waals surface area contributed by atoms with Gasteiger partial charge in [-0.2, -0.15) is 18.4 Å². The van der Waals surface area contributed by atoms with Gasteiger partial charge < -0.3 is 9.64 Å². The summed E-state index contributed by atoms with van der Waals surface area (Å²) in [7, 11) is 0. The Balaban J connectivity index is 1.53. The molecule has 168 valence electrons. The van der Waals surface area contributed by atoms with Crippen LogP contribution in [0.25, 0.3) is 10.8 Å². The third kappa shape index (κ3) is 4.72. The van der Waals surface area contributed by atoms with Crippen molar-refractivity contribution in [3.63, 3.8) is 0 Å². The van der Waals surface area contributed by atoms with E-state index >= 15 is 0 Å². The van der Waals surface area contributed by atoms with Crippen LogP contribution >= 0.6 is 11.8 Å². The lowest BCUT2D eigenvalue weighted by atomic mass is 10.0. The highest BCUT2D eigenvalue weighted by Gasteiger charge is 2.43. The van der Waals surface area contributed by atoms with E-state index in [-0.39, 0.29) is 5.03 Å². The minimum absolute atomic E-state index is 0.0502. The van der Waals surface area contributed by atoms with Crippen LogP contribution in [0.2, 0.25) is 0 Å². The molecule has 1 aromatic heterocycles.